The van der Waals surface area contributed by atoms with Crippen LogP contribution >= 0.6 is 0 Å². The van der Waals surface area contributed by atoms with Crippen molar-refractivity contribution in [1.29, 1.82) is 0 Å². The Kier molecular flexibility index (Phi) is 5.20. The van der Waals surface area contributed by atoms with E-state index in [9.17, 15) is 14.0 Å². The number of amides is 2. The highest BCUT2D eigenvalue weighted by molar-refractivity contribution is 6.11. The lowest BCUT2D eigenvalue weighted by atomic mass is 9.99. The molecule has 1 fully saturated rings. The maximum atomic E-state index is 13.4. The van der Waals surface area contributed by atoms with Crippen molar-refractivity contribution in [1.82, 2.24) is 10.2 Å². The molecule has 0 saturated carbocycles. The summed E-state index contributed by atoms with van der Waals surface area (Å²) in [5, 5.41) is 3.24. The minimum absolute atomic E-state index is 0.0112. The lowest BCUT2D eigenvalue weighted by Gasteiger charge is -2.25. The normalized spacial score (nSPS) is 16.1. The summed E-state index contributed by atoms with van der Waals surface area (Å²) in [5.41, 5.74) is 2.32. The number of hydrogen-bond donors (Lipinski definition) is 1. The van der Waals surface area contributed by atoms with Crippen LogP contribution in [-0.2, 0) is 4.79 Å². The lowest BCUT2D eigenvalue weighted by Crippen LogP contribution is -2.28. The van der Waals surface area contributed by atoms with Crippen LogP contribution in [0.2, 0.25) is 0 Å². The molecule has 1 unspecified atom stereocenters. The molecule has 4 rings (SSSR count). The number of methoxy groups -OCH3 is 1. The second-order valence-corrected chi connectivity index (χ2v) is 7.35. The van der Waals surface area contributed by atoms with E-state index in [1.54, 1.807) is 39.3 Å². The van der Waals surface area contributed by atoms with Crippen molar-refractivity contribution in [3.63, 3.8) is 0 Å². The maximum absolute atomic E-state index is 13.4. The summed E-state index contributed by atoms with van der Waals surface area (Å²) in [4.78, 5) is 26.6. The van der Waals surface area contributed by atoms with Gasteiger partial charge in [0.15, 0.2) is 0 Å². The van der Waals surface area contributed by atoms with Gasteiger partial charge in [0, 0.05) is 37.0 Å². The Hall–Kier alpha value is -3.35. The lowest BCUT2D eigenvalue weighted by molar-refractivity contribution is -0.129. The van der Waals surface area contributed by atoms with Crippen LogP contribution in [0, 0.1) is 5.82 Å². The summed E-state index contributed by atoms with van der Waals surface area (Å²) in [7, 11) is 3.11. The van der Waals surface area contributed by atoms with Crippen LogP contribution in [-0.4, -0.2) is 37.4 Å². The molecule has 1 aliphatic rings. The molecule has 3 aromatic rings. The highest BCUT2D eigenvalue weighted by Crippen LogP contribution is 2.42. The van der Waals surface area contributed by atoms with Gasteiger partial charge in [0.2, 0.25) is 5.91 Å². The predicted molar refractivity (Wildman–Crippen MR) is 111 cm³/mol. The summed E-state index contributed by atoms with van der Waals surface area (Å²) in [6.07, 6.45) is 1.74. The molecular formula is C23H23FN2O4. The van der Waals surface area contributed by atoms with Crippen molar-refractivity contribution in [2.75, 3.05) is 20.7 Å². The summed E-state index contributed by atoms with van der Waals surface area (Å²) in [6, 6.07) is 9.32. The molecule has 30 heavy (non-hydrogen) atoms. The molecule has 6 nitrogen and oxygen atoms in total. The number of ether oxygens (including phenoxy) is 1. The third-order valence-electron chi connectivity index (χ3n) is 5.62. The second-order valence-electron chi connectivity index (χ2n) is 7.35. The van der Waals surface area contributed by atoms with Gasteiger partial charge in [-0.2, -0.15) is 0 Å². The van der Waals surface area contributed by atoms with Gasteiger partial charge in [-0.25, -0.2) is 4.39 Å². The second kappa shape index (κ2) is 7.82. The van der Waals surface area contributed by atoms with E-state index < -0.39 is 0 Å². The topological polar surface area (TPSA) is 71.8 Å². The van der Waals surface area contributed by atoms with Crippen LogP contribution in [0.1, 0.15) is 41.7 Å². The summed E-state index contributed by atoms with van der Waals surface area (Å²) < 4.78 is 25.1. The van der Waals surface area contributed by atoms with E-state index in [2.05, 4.69) is 5.32 Å². The minimum atomic E-state index is -0.370. The van der Waals surface area contributed by atoms with Crippen molar-refractivity contribution in [2.45, 2.75) is 25.8 Å². The largest absolute Gasteiger partial charge is 0.496 e. The van der Waals surface area contributed by atoms with Crippen LogP contribution in [0.5, 0.6) is 5.75 Å². The molecule has 1 aliphatic heterocycles. The van der Waals surface area contributed by atoms with E-state index in [-0.39, 0.29) is 23.7 Å². The van der Waals surface area contributed by atoms with Crippen LogP contribution in [0.25, 0.3) is 22.3 Å². The number of carbonyl (C=O) groups excluding carboxylic acids is 2. The SMILES string of the molecule is CNC(=O)c1c(-c2ccc(F)cc2)oc2cc(C3CCCN3C(C)=O)c(OC)cc12. The van der Waals surface area contributed by atoms with Gasteiger partial charge in [-0.15, -0.1) is 0 Å². The fourth-order valence-electron chi connectivity index (χ4n) is 4.20. The van der Waals surface area contributed by atoms with Crippen molar-refractivity contribution in [2.24, 2.45) is 0 Å². The van der Waals surface area contributed by atoms with E-state index in [0.717, 1.165) is 18.4 Å². The Labute approximate surface area is 173 Å². The number of rotatable bonds is 4. The smallest absolute Gasteiger partial charge is 0.255 e. The number of fused-ring (bicyclic) bond motifs is 1. The zero-order valence-corrected chi connectivity index (χ0v) is 17.1. The Morgan fingerprint density at radius 1 is 1.23 bits per heavy atom. The van der Waals surface area contributed by atoms with Crippen molar-refractivity contribution < 1.29 is 23.1 Å². The fourth-order valence-corrected chi connectivity index (χ4v) is 4.20. The molecule has 2 aromatic carbocycles. The Morgan fingerprint density at radius 3 is 2.60 bits per heavy atom. The first-order valence-corrected chi connectivity index (χ1v) is 9.84. The minimum Gasteiger partial charge on any atom is -0.496 e. The molecule has 1 aromatic heterocycles. The Balaban J connectivity index is 1.93. The van der Waals surface area contributed by atoms with Crippen molar-refractivity contribution in [3.05, 3.63) is 53.3 Å². The molecule has 2 heterocycles. The van der Waals surface area contributed by atoms with Crippen LogP contribution in [0.4, 0.5) is 4.39 Å². The molecule has 0 aliphatic carbocycles. The number of furan rings is 1. The number of benzene rings is 2. The Morgan fingerprint density at radius 2 is 1.97 bits per heavy atom. The number of nitrogens with one attached hydrogen (secondary N) is 1. The zero-order valence-electron chi connectivity index (χ0n) is 17.1. The molecule has 0 bridgehead atoms. The summed E-state index contributed by atoms with van der Waals surface area (Å²) in [6.45, 7) is 2.26. The van der Waals surface area contributed by atoms with E-state index in [1.165, 1.54) is 12.1 Å². The van der Waals surface area contributed by atoms with Gasteiger partial charge in [-0.05, 0) is 49.2 Å². The molecule has 7 heteroatoms. The Bertz CT molecular complexity index is 1120. The number of carbonyl (C=O) groups is 2. The van der Waals surface area contributed by atoms with Crippen LogP contribution in [0.3, 0.4) is 0 Å². The first-order valence-electron chi connectivity index (χ1n) is 9.84. The monoisotopic (exact) mass is 410 g/mol. The fraction of sp³-hybridized carbons (Fsp3) is 0.304. The third-order valence-corrected chi connectivity index (χ3v) is 5.62. The summed E-state index contributed by atoms with van der Waals surface area (Å²) >= 11 is 0. The van der Waals surface area contributed by atoms with Gasteiger partial charge in [0.25, 0.3) is 5.91 Å². The van der Waals surface area contributed by atoms with Crippen LogP contribution < -0.4 is 10.1 Å². The molecule has 156 valence electrons. The first-order chi connectivity index (χ1) is 14.4. The first kappa shape index (κ1) is 19.9. The number of nitrogens with zero attached hydrogens (tertiary/aromatic N) is 1. The highest BCUT2D eigenvalue weighted by Gasteiger charge is 2.32. The van der Waals surface area contributed by atoms with Gasteiger partial charge in [0.05, 0.1) is 18.7 Å². The third kappa shape index (κ3) is 3.30. The van der Waals surface area contributed by atoms with E-state index in [0.29, 0.717) is 40.2 Å². The maximum Gasteiger partial charge on any atom is 0.255 e. The van der Waals surface area contributed by atoms with Crippen LogP contribution in [0.15, 0.2) is 40.8 Å². The highest BCUT2D eigenvalue weighted by atomic mass is 19.1. The predicted octanol–water partition coefficient (Wildman–Crippen LogP) is 4.29. The number of likely N-dealkylation sites (tertiary alicyclic amines) is 1. The van der Waals surface area contributed by atoms with Gasteiger partial charge in [-0.3, -0.25) is 9.59 Å². The average Bonchev–Trinajstić information content (AvgIpc) is 3.37. The van der Waals surface area contributed by atoms with E-state index in [1.807, 2.05) is 11.0 Å². The van der Waals surface area contributed by atoms with E-state index >= 15 is 0 Å². The molecular weight excluding hydrogens is 387 g/mol. The molecule has 2 amide bonds. The molecule has 1 atom stereocenters. The van der Waals surface area contributed by atoms with Gasteiger partial charge in [0.1, 0.15) is 22.9 Å². The molecule has 1 saturated heterocycles. The standard InChI is InChI=1S/C23H23FN2O4/c1-13(27)26-10-4-5-18(26)16-11-20-17(12-19(16)29-3)21(23(28)25-2)22(30-20)14-6-8-15(24)9-7-14/h6-9,11-12,18H,4-5,10H2,1-3H3,(H,25,28). The van der Waals surface area contributed by atoms with Gasteiger partial charge < -0.3 is 19.4 Å². The summed E-state index contributed by atoms with van der Waals surface area (Å²) in [5.74, 6) is 0.285. The number of halogens is 1. The van der Waals surface area contributed by atoms with Crippen molar-refractivity contribution in [3.8, 4) is 17.1 Å². The van der Waals surface area contributed by atoms with Gasteiger partial charge >= 0.3 is 0 Å². The average molecular weight is 410 g/mol. The molecule has 1 N–H and O–H groups in total. The molecule has 0 radical (unpaired) electrons. The molecule has 0 spiro atoms. The quantitative estimate of drug-likeness (QED) is 0.697. The zero-order chi connectivity index (χ0) is 21.4. The van der Waals surface area contributed by atoms with Gasteiger partial charge in [-0.1, -0.05) is 0 Å². The number of hydrogen-bond acceptors (Lipinski definition) is 4. The van der Waals surface area contributed by atoms with E-state index in [4.69, 9.17) is 9.15 Å². The van der Waals surface area contributed by atoms with Crippen molar-refractivity contribution >= 4 is 22.8 Å².